The van der Waals surface area contributed by atoms with Crippen LogP contribution >= 0.6 is 11.3 Å². The zero-order valence-electron chi connectivity index (χ0n) is 18.4. The van der Waals surface area contributed by atoms with Gasteiger partial charge in [0.1, 0.15) is 10.8 Å². The number of rotatable bonds is 9. The molecule has 0 aliphatic rings. The van der Waals surface area contributed by atoms with Crippen LogP contribution < -0.4 is 20.7 Å². The van der Waals surface area contributed by atoms with Crippen molar-refractivity contribution in [2.24, 2.45) is 0 Å². The van der Waals surface area contributed by atoms with Crippen LogP contribution in [0.4, 0.5) is 16.5 Å². The van der Waals surface area contributed by atoms with Crippen LogP contribution in [-0.2, 0) is 16.1 Å². The molecule has 3 N–H and O–H groups in total. The van der Waals surface area contributed by atoms with Gasteiger partial charge < -0.3 is 25.3 Å². The van der Waals surface area contributed by atoms with Crippen molar-refractivity contribution in [2.75, 3.05) is 24.3 Å². The SMILES string of the molecule is COc1ccc(Nc2nnc(-c3ccc(NC(=O)C(=O)NCCCn4ccnc4)cc3)s2)cc1. The van der Waals surface area contributed by atoms with Gasteiger partial charge in [-0.05, 0) is 55.0 Å². The number of methoxy groups -OCH3 is 1. The first-order valence-electron chi connectivity index (χ1n) is 10.5. The van der Waals surface area contributed by atoms with Crippen LogP contribution in [0.2, 0.25) is 0 Å². The lowest BCUT2D eigenvalue weighted by Crippen LogP contribution is -2.36. The highest BCUT2D eigenvalue weighted by Gasteiger charge is 2.13. The van der Waals surface area contributed by atoms with E-state index in [-0.39, 0.29) is 0 Å². The van der Waals surface area contributed by atoms with E-state index in [9.17, 15) is 9.59 Å². The molecule has 0 atom stereocenters. The largest absolute Gasteiger partial charge is 0.497 e. The van der Waals surface area contributed by atoms with Crippen LogP contribution in [0.15, 0.2) is 67.3 Å². The van der Waals surface area contributed by atoms with Gasteiger partial charge in [0.25, 0.3) is 0 Å². The van der Waals surface area contributed by atoms with Gasteiger partial charge in [0.15, 0.2) is 0 Å². The number of carbonyl (C=O) groups is 2. The van der Waals surface area contributed by atoms with E-state index < -0.39 is 11.8 Å². The van der Waals surface area contributed by atoms with Gasteiger partial charge >= 0.3 is 11.8 Å². The van der Waals surface area contributed by atoms with Crippen molar-refractivity contribution in [1.29, 1.82) is 0 Å². The van der Waals surface area contributed by atoms with Gasteiger partial charge in [-0.15, -0.1) is 10.2 Å². The number of benzene rings is 2. The molecule has 0 aliphatic heterocycles. The minimum atomic E-state index is -0.711. The van der Waals surface area contributed by atoms with Gasteiger partial charge in [-0.25, -0.2) is 4.98 Å². The summed E-state index contributed by atoms with van der Waals surface area (Å²) in [4.78, 5) is 28.1. The molecule has 0 aliphatic carbocycles. The summed E-state index contributed by atoms with van der Waals surface area (Å²) in [6.45, 7) is 1.11. The number of carbonyl (C=O) groups excluding carboxylic acids is 2. The Morgan fingerprint density at radius 1 is 1.00 bits per heavy atom. The molecule has 0 saturated carbocycles. The molecular weight excluding hydrogens is 454 g/mol. The monoisotopic (exact) mass is 477 g/mol. The Kier molecular flexibility index (Phi) is 7.45. The van der Waals surface area contributed by atoms with Gasteiger partial charge in [-0.2, -0.15) is 0 Å². The standard InChI is InChI=1S/C23H23N7O3S/c1-33-19-9-7-18(8-10-19)27-23-29-28-22(34-23)16-3-5-17(6-4-16)26-21(32)20(31)25-11-2-13-30-14-12-24-15-30/h3-10,12,14-15H,2,11,13H2,1H3,(H,25,31)(H,26,32)(H,27,29). The lowest BCUT2D eigenvalue weighted by molar-refractivity contribution is -0.136. The summed E-state index contributed by atoms with van der Waals surface area (Å²) in [6.07, 6.45) is 5.94. The topological polar surface area (TPSA) is 123 Å². The number of hydrogen-bond donors (Lipinski definition) is 3. The number of aromatic nitrogens is 4. The molecular formula is C23H23N7O3S. The molecule has 4 aromatic rings. The van der Waals surface area contributed by atoms with Gasteiger partial charge in [0, 0.05) is 42.4 Å². The first-order valence-corrected chi connectivity index (χ1v) is 11.3. The average Bonchev–Trinajstić information content (AvgIpc) is 3.55. The fourth-order valence-electron chi connectivity index (χ4n) is 3.04. The fraction of sp³-hybridized carbons (Fsp3) is 0.174. The second kappa shape index (κ2) is 11.1. The molecule has 34 heavy (non-hydrogen) atoms. The number of hydrogen-bond acceptors (Lipinski definition) is 8. The highest BCUT2D eigenvalue weighted by molar-refractivity contribution is 7.18. The molecule has 0 spiro atoms. The lowest BCUT2D eigenvalue weighted by atomic mass is 10.2. The van der Waals surface area contributed by atoms with E-state index in [0.29, 0.717) is 30.3 Å². The molecule has 174 valence electrons. The summed E-state index contributed by atoms with van der Waals surface area (Å²) in [6, 6.07) is 14.6. The Balaban J connectivity index is 1.26. The van der Waals surface area contributed by atoms with Crippen LogP contribution in [0.25, 0.3) is 10.6 Å². The smallest absolute Gasteiger partial charge is 0.313 e. The maximum absolute atomic E-state index is 12.1. The molecule has 0 radical (unpaired) electrons. The number of nitrogens with one attached hydrogen (secondary N) is 3. The summed E-state index contributed by atoms with van der Waals surface area (Å²) in [5, 5.41) is 18.2. The van der Waals surface area contributed by atoms with Crippen molar-refractivity contribution < 1.29 is 14.3 Å². The second-order valence-electron chi connectivity index (χ2n) is 7.21. The second-order valence-corrected chi connectivity index (χ2v) is 8.18. The Morgan fingerprint density at radius 3 is 2.47 bits per heavy atom. The average molecular weight is 478 g/mol. The zero-order chi connectivity index (χ0) is 23.8. The number of anilines is 3. The molecule has 2 amide bonds. The zero-order valence-corrected chi connectivity index (χ0v) is 19.2. The minimum absolute atomic E-state index is 0.396. The third-order valence-corrected chi connectivity index (χ3v) is 5.69. The first kappa shape index (κ1) is 22.9. The normalized spacial score (nSPS) is 10.5. The summed E-state index contributed by atoms with van der Waals surface area (Å²) in [5.41, 5.74) is 2.24. The van der Waals surface area contributed by atoms with Gasteiger partial charge in [-0.1, -0.05) is 11.3 Å². The van der Waals surface area contributed by atoms with Crippen molar-refractivity contribution >= 4 is 39.7 Å². The minimum Gasteiger partial charge on any atom is -0.497 e. The highest BCUT2D eigenvalue weighted by Crippen LogP contribution is 2.29. The maximum atomic E-state index is 12.1. The molecule has 0 saturated heterocycles. The number of nitrogens with zero attached hydrogens (tertiary/aromatic N) is 4. The van der Waals surface area contributed by atoms with Crippen molar-refractivity contribution in [1.82, 2.24) is 25.1 Å². The van der Waals surface area contributed by atoms with E-state index in [0.717, 1.165) is 22.0 Å². The van der Waals surface area contributed by atoms with E-state index in [1.807, 2.05) is 47.2 Å². The van der Waals surface area contributed by atoms with Crippen LogP contribution in [0.1, 0.15) is 6.42 Å². The first-order chi connectivity index (χ1) is 16.6. The van der Waals surface area contributed by atoms with Gasteiger partial charge in [-0.3, -0.25) is 9.59 Å². The molecule has 10 nitrogen and oxygen atoms in total. The van der Waals surface area contributed by atoms with Crippen molar-refractivity contribution in [3.63, 3.8) is 0 Å². The van der Waals surface area contributed by atoms with E-state index in [4.69, 9.17) is 4.74 Å². The van der Waals surface area contributed by atoms with E-state index in [1.165, 1.54) is 11.3 Å². The molecule has 0 unspecified atom stereocenters. The molecule has 0 bridgehead atoms. The summed E-state index contributed by atoms with van der Waals surface area (Å²) in [7, 11) is 1.62. The fourth-order valence-corrected chi connectivity index (χ4v) is 3.80. The van der Waals surface area contributed by atoms with Crippen LogP contribution in [-0.4, -0.2) is 45.2 Å². The van der Waals surface area contributed by atoms with E-state index >= 15 is 0 Å². The third kappa shape index (κ3) is 6.17. The van der Waals surface area contributed by atoms with Crippen molar-refractivity contribution in [2.45, 2.75) is 13.0 Å². The molecule has 11 heteroatoms. The molecule has 4 rings (SSSR count). The van der Waals surface area contributed by atoms with Crippen molar-refractivity contribution in [3.05, 3.63) is 67.3 Å². The Morgan fingerprint density at radius 2 is 1.76 bits per heavy atom. The molecule has 2 aromatic heterocycles. The van der Waals surface area contributed by atoms with Crippen LogP contribution in [0.5, 0.6) is 5.75 Å². The summed E-state index contributed by atoms with van der Waals surface area (Å²) < 4.78 is 7.06. The van der Waals surface area contributed by atoms with Crippen LogP contribution in [0, 0.1) is 0 Å². The predicted octanol–water partition coefficient (Wildman–Crippen LogP) is 3.30. The third-order valence-electron chi connectivity index (χ3n) is 4.80. The lowest BCUT2D eigenvalue weighted by Gasteiger charge is -2.07. The van der Waals surface area contributed by atoms with E-state index in [2.05, 4.69) is 31.1 Å². The number of aryl methyl sites for hydroxylation is 1. The van der Waals surface area contributed by atoms with Crippen LogP contribution in [0.3, 0.4) is 0 Å². The van der Waals surface area contributed by atoms with E-state index in [1.54, 1.807) is 31.8 Å². The summed E-state index contributed by atoms with van der Waals surface area (Å²) in [5.74, 6) is -0.607. The highest BCUT2D eigenvalue weighted by atomic mass is 32.1. The molecule has 2 heterocycles. The number of imidazole rings is 1. The Bertz CT molecular complexity index is 1220. The Hall–Kier alpha value is -4.25. The summed E-state index contributed by atoms with van der Waals surface area (Å²) >= 11 is 1.40. The van der Waals surface area contributed by atoms with Gasteiger partial charge in [0.05, 0.1) is 13.4 Å². The predicted molar refractivity (Wildman–Crippen MR) is 130 cm³/mol. The number of amides is 2. The molecule has 2 aromatic carbocycles. The molecule has 0 fully saturated rings. The number of ether oxygens (including phenoxy) is 1. The van der Waals surface area contributed by atoms with Crippen molar-refractivity contribution in [3.8, 4) is 16.3 Å². The quantitative estimate of drug-likeness (QED) is 0.250. The maximum Gasteiger partial charge on any atom is 0.313 e. The van der Waals surface area contributed by atoms with Gasteiger partial charge in [0.2, 0.25) is 5.13 Å². The Labute approximate surface area is 200 Å².